The number of hydrogen-bond acceptors (Lipinski definition) is 6. The number of anilines is 1. The Morgan fingerprint density at radius 3 is 2.78 bits per heavy atom. The van der Waals surface area contributed by atoms with E-state index in [9.17, 15) is 14.7 Å². The lowest BCUT2D eigenvalue weighted by Crippen LogP contribution is -2.41. The van der Waals surface area contributed by atoms with Crippen molar-refractivity contribution in [2.45, 2.75) is 13.5 Å². The quantitative estimate of drug-likeness (QED) is 0.833. The molecule has 2 atom stereocenters. The number of carboxylic acid groups (broad SMARTS) is 1. The fourth-order valence-electron chi connectivity index (χ4n) is 3.57. The molecule has 1 aromatic rings. The zero-order chi connectivity index (χ0) is 16.6. The summed E-state index contributed by atoms with van der Waals surface area (Å²) in [6, 6.07) is 1.82. The smallest absolute Gasteiger partial charge is 0.313 e. The van der Waals surface area contributed by atoms with Crippen molar-refractivity contribution in [2.75, 3.05) is 38.2 Å². The molecule has 0 radical (unpaired) electrons. The third-order valence-corrected chi connectivity index (χ3v) is 4.81. The van der Waals surface area contributed by atoms with Crippen LogP contribution >= 0.6 is 0 Å². The summed E-state index contributed by atoms with van der Waals surface area (Å²) in [7, 11) is 1.60. The Balaban J connectivity index is 1.83. The Morgan fingerprint density at radius 1 is 1.39 bits per heavy atom. The number of rotatable bonds is 4. The Morgan fingerprint density at radius 2 is 2.17 bits per heavy atom. The summed E-state index contributed by atoms with van der Waals surface area (Å²) in [5.74, 6) is -0.308. The lowest BCUT2D eigenvalue weighted by atomic mass is 9.81. The minimum Gasteiger partial charge on any atom is -0.481 e. The van der Waals surface area contributed by atoms with Crippen LogP contribution in [0.25, 0.3) is 0 Å². The first-order valence-electron chi connectivity index (χ1n) is 7.50. The molecule has 0 saturated carbocycles. The van der Waals surface area contributed by atoms with Crippen molar-refractivity contribution in [1.82, 2.24) is 14.9 Å². The number of nitrogens with zero attached hydrogens (tertiary/aromatic N) is 4. The average Bonchev–Trinajstić information content (AvgIpc) is 3.03. The second-order valence-electron chi connectivity index (χ2n) is 6.24. The molecule has 2 aliphatic heterocycles. The van der Waals surface area contributed by atoms with Crippen LogP contribution in [0.3, 0.4) is 0 Å². The van der Waals surface area contributed by atoms with Crippen molar-refractivity contribution in [2.24, 2.45) is 11.3 Å². The van der Waals surface area contributed by atoms with Gasteiger partial charge in [0.1, 0.15) is 17.6 Å². The summed E-state index contributed by atoms with van der Waals surface area (Å²) < 4.78 is 5.07. The monoisotopic (exact) mass is 320 g/mol. The summed E-state index contributed by atoms with van der Waals surface area (Å²) in [6.45, 7) is 3.52. The van der Waals surface area contributed by atoms with Crippen molar-refractivity contribution in [1.29, 1.82) is 0 Å². The molecule has 1 amide bonds. The van der Waals surface area contributed by atoms with Crippen LogP contribution in [0.5, 0.6) is 0 Å². The number of aromatic nitrogens is 2. The first-order chi connectivity index (χ1) is 11.0. The van der Waals surface area contributed by atoms with Gasteiger partial charge in [0.25, 0.3) is 0 Å². The molecular weight excluding hydrogens is 300 g/mol. The fourth-order valence-corrected chi connectivity index (χ4v) is 3.57. The van der Waals surface area contributed by atoms with E-state index in [4.69, 9.17) is 4.74 Å². The minimum absolute atomic E-state index is 0.0732. The van der Waals surface area contributed by atoms with Crippen LogP contribution in [0, 0.1) is 11.3 Å². The number of fused-ring (bicyclic) bond motifs is 1. The van der Waals surface area contributed by atoms with Gasteiger partial charge in [0.15, 0.2) is 0 Å². The van der Waals surface area contributed by atoms with E-state index in [1.165, 1.54) is 13.3 Å². The maximum Gasteiger partial charge on any atom is 0.313 e. The SMILES string of the molecule is COCc1cc(N2C[C@@H]3CN(C(C)=O)C[C@]3(C(=O)O)C2)ncn1. The van der Waals surface area contributed by atoms with Gasteiger partial charge in [-0.15, -0.1) is 0 Å². The zero-order valence-corrected chi connectivity index (χ0v) is 13.2. The molecule has 0 aromatic carbocycles. The molecule has 2 aliphatic rings. The molecule has 1 aromatic heterocycles. The molecule has 1 N–H and O–H groups in total. The number of hydrogen-bond donors (Lipinski definition) is 1. The molecule has 8 heteroatoms. The van der Waals surface area contributed by atoms with Gasteiger partial charge in [-0.2, -0.15) is 0 Å². The highest BCUT2D eigenvalue weighted by Crippen LogP contribution is 2.43. The maximum atomic E-state index is 11.9. The first-order valence-corrected chi connectivity index (χ1v) is 7.50. The van der Waals surface area contributed by atoms with Crippen LogP contribution in [-0.2, 0) is 20.9 Å². The summed E-state index contributed by atoms with van der Waals surface area (Å²) in [5.41, 5.74) is -0.165. The van der Waals surface area contributed by atoms with Crippen LogP contribution < -0.4 is 4.90 Å². The number of likely N-dealkylation sites (tertiary alicyclic amines) is 1. The van der Waals surface area contributed by atoms with Crippen LogP contribution in [0.15, 0.2) is 12.4 Å². The van der Waals surface area contributed by atoms with E-state index in [2.05, 4.69) is 9.97 Å². The summed E-state index contributed by atoms with van der Waals surface area (Å²) >= 11 is 0. The molecule has 124 valence electrons. The van der Waals surface area contributed by atoms with E-state index in [1.807, 2.05) is 11.0 Å². The molecule has 0 spiro atoms. The largest absolute Gasteiger partial charge is 0.481 e. The maximum absolute atomic E-state index is 11.9. The van der Waals surface area contributed by atoms with Gasteiger partial charge in [0.05, 0.1) is 12.3 Å². The molecule has 3 rings (SSSR count). The van der Waals surface area contributed by atoms with Crippen molar-refractivity contribution in [3.05, 3.63) is 18.1 Å². The highest BCUT2D eigenvalue weighted by Gasteiger charge is 2.58. The Hall–Kier alpha value is -2.22. The predicted octanol–water partition coefficient (Wildman–Crippen LogP) is -0.00770. The number of carboxylic acids is 1. The van der Waals surface area contributed by atoms with Crippen molar-refractivity contribution < 1.29 is 19.4 Å². The average molecular weight is 320 g/mol. The van der Waals surface area contributed by atoms with E-state index >= 15 is 0 Å². The highest BCUT2D eigenvalue weighted by atomic mass is 16.5. The predicted molar refractivity (Wildman–Crippen MR) is 80.8 cm³/mol. The molecule has 3 heterocycles. The normalized spacial score (nSPS) is 26.4. The van der Waals surface area contributed by atoms with Crippen LogP contribution in [0.2, 0.25) is 0 Å². The Bertz CT molecular complexity index is 638. The van der Waals surface area contributed by atoms with Gasteiger partial charge in [-0.3, -0.25) is 9.59 Å². The third kappa shape index (κ3) is 2.63. The van der Waals surface area contributed by atoms with E-state index in [-0.39, 0.29) is 18.4 Å². The van der Waals surface area contributed by atoms with Crippen LogP contribution in [0.1, 0.15) is 12.6 Å². The van der Waals surface area contributed by atoms with Gasteiger partial charge in [0, 0.05) is 52.2 Å². The number of carbonyl (C=O) groups is 2. The minimum atomic E-state index is -0.919. The lowest BCUT2D eigenvalue weighted by Gasteiger charge is -2.25. The molecule has 23 heavy (non-hydrogen) atoms. The molecule has 0 aliphatic carbocycles. The van der Waals surface area contributed by atoms with Gasteiger partial charge in [-0.25, -0.2) is 9.97 Å². The topological polar surface area (TPSA) is 95.9 Å². The van der Waals surface area contributed by atoms with Gasteiger partial charge in [-0.1, -0.05) is 0 Å². The van der Waals surface area contributed by atoms with Crippen LogP contribution in [-0.4, -0.2) is 65.1 Å². The van der Waals surface area contributed by atoms with Gasteiger partial charge in [-0.05, 0) is 0 Å². The number of ether oxygens (including phenoxy) is 1. The molecule has 2 saturated heterocycles. The summed E-state index contributed by atoms with van der Waals surface area (Å²) in [5, 5.41) is 9.76. The number of methoxy groups -OCH3 is 1. The van der Waals surface area contributed by atoms with Gasteiger partial charge >= 0.3 is 5.97 Å². The summed E-state index contributed by atoms with van der Waals surface area (Å²) in [4.78, 5) is 35.5. The van der Waals surface area contributed by atoms with E-state index in [1.54, 1.807) is 12.0 Å². The van der Waals surface area contributed by atoms with E-state index in [0.29, 0.717) is 32.1 Å². The number of aliphatic carboxylic acids is 1. The van der Waals surface area contributed by atoms with Gasteiger partial charge < -0.3 is 19.6 Å². The molecule has 0 bridgehead atoms. The van der Waals surface area contributed by atoms with Crippen molar-refractivity contribution in [3.63, 3.8) is 0 Å². The standard InChI is InChI=1S/C15H20N4O4/c1-10(20)18-4-11-5-19(8-15(11,7-18)14(21)22)13-3-12(6-23-2)16-9-17-13/h3,9,11H,4-8H2,1-2H3,(H,21,22)/t11-,15-/m0/s1. The highest BCUT2D eigenvalue weighted by molar-refractivity contribution is 5.81. The van der Waals surface area contributed by atoms with Crippen LogP contribution in [0.4, 0.5) is 5.82 Å². The Kier molecular flexibility index (Phi) is 3.93. The number of carbonyl (C=O) groups excluding carboxylic acids is 1. The zero-order valence-electron chi connectivity index (χ0n) is 13.2. The van der Waals surface area contributed by atoms with E-state index < -0.39 is 11.4 Å². The molecule has 8 nitrogen and oxygen atoms in total. The first kappa shape index (κ1) is 15.7. The molecular formula is C15H20N4O4. The van der Waals surface area contributed by atoms with Crippen molar-refractivity contribution in [3.8, 4) is 0 Å². The second-order valence-corrected chi connectivity index (χ2v) is 6.24. The number of amides is 1. The second kappa shape index (κ2) is 5.77. The fraction of sp³-hybridized carbons (Fsp3) is 0.600. The van der Waals surface area contributed by atoms with E-state index in [0.717, 1.165) is 5.69 Å². The Labute approximate surface area is 134 Å². The van der Waals surface area contributed by atoms with Gasteiger partial charge in [0.2, 0.25) is 5.91 Å². The molecule has 2 fully saturated rings. The summed E-state index contributed by atoms with van der Waals surface area (Å²) in [6.07, 6.45) is 1.47. The lowest BCUT2D eigenvalue weighted by molar-refractivity contribution is -0.148. The third-order valence-electron chi connectivity index (χ3n) is 4.81. The van der Waals surface area contributed by atoms with Crippen molar-refractivity contribution >= 4 is 17.7 Å². The molecule has 0 unspecified atom stereocenters.